The number of carbonyl (C=O) groups excluding carboxylic acids is 1. The standard InChI is InChI=1S/C12H17N5OS2/c1-3-17(4-2)12-16-10(13)9(20-12)11(18)14-5-8-6-19-7-15-8/h6-7H,3-5,13H2,1-2H3,(H,14,18). The van der Waals surface area contributed by atoms with Crippen molar-refractivity contribution in [2.24, 2.45) is 0 Å². The van der Waals surface area contributed by atoms with Crippen molar-refractivity contribution < 1.29 is 4.79 Å². The van der Waals surface area contributed by atoms with Gasteiger partial charge in [0, 0.05) is 18.5 Å². The topological polar surface area (TPSA) is 84.1 Å². The molecule has 0 radical (unpaired) electrons. The van der Waals surface area contributed by atoms with Crippen molar-refractivity contribution in [2.75, 3.05) is 23.7 Å². The smallest absolute Gasteiger partial charge is 0.265 e. The molecule has 0 atom stereocenters. The molecule has 0 aliphatic rings. The molecule has 0 aliphatic carbocycles. The van der Waals surface area contributed by atoms with Crippen LogP contribution in [-0.2, 0) is 6.54 Å². The third-order valence-electron chi connectivity index (χ3n) is 2.80. The van der Waals surface area contributed by atoms with E-state index in [1.807, 2.05) is 19.2 Å². The van der Waals surface area contributed by atoms with Gasteiger partial charge in [-0.1, -0.05) is 11.3 Å². The molecule has 0 saturated carbocycles. The number of thiazole rings is 2. The first kappa shape index (κ1) is 14.7. The summed E-state index contributed by atoms with van der Waals surface area (Å²) in [6, 6.07) is 0. The number of nitrogen functional groups attached to an aromatic ring is 1. The zero-order valence-corrected chi connectivity index (χ0v) is 13.1. The van der Waals surface area contributed by atoms with E-state index in [-0.39, 0.29) is 11.7 Å². The molecule has 0 spiro atoms. The fourth-order valence-corrected chi connectivity index (χ4v) is 3.28. The number of aromatic nitrogens is 2. The van der Waals surface area contributed by atoms with Crippen LogP contribution < -0.4 is 16.0 Å². The van der Waals surface area contributed by atoms with Gasteiger partial charge in [0.25, 0.3) is 5.91 Å². The molecule has 2 aromatic heterocycles. The molecule has 0 bridgehead atoms. The zero-order valence-electron chi connectivity index (χ0n) is 11.4. The highest BCUT2D eigenvalue weighted by atomic mass is 32.1. The van der Waals surface area contributed by atoms with Crippen molar-refractivity contribution in [3.8, 4) is 0 Å². The van der Waals surface area contributed by atoms with Crippen LogP contribution in [0.25, 0.3) is 0 Å². The third kappa shape index (κ3) is 3.26. The summed E-state index contributed by atoms with van der Waals surface area (Å²) in [4.78, 5) is 23.0. The quantitative estimate of drug-likeness (QED) is 0.852. The van der Waals surface area contributed by atoms with Crippen molar-refractivity contribution >= 4 is 39.5 Å². The minimum atomic E-state index is -0.202. The van der Waals surface area contributed by atoms with E-state index in [1.165, 1.54) is 22.7 Å². The molecule has 2 rings (SSSR count). The van der Waals surface area contributed by atoms with E-state index in [0.717, 1.165) is 23.9 Å². The zero-order chi connectivity index (χ0) is 14.5. The molecule has 0 aromatic carbocycles. The molecule has 0 saturated heterocycles. The minimum Gasteiger partial charge on any atom is -0.382 e. The van der Waals surface area contributed by atoms with Crippen LogP contribution in [0.5, 0.6) is 0 Å². The van der Waals surface area contributed by atoms with Crippen LogP contribution >= 0.6 is 22.7 Å². The number of nitrogens with one attached hydrogen (secondary N) is 1. The van der Waals surface area contributed by atoms with Gasteiger partial charge in [-0.2, -0.15) is 0 Å². The highest BCUT2D eigenvalue weighted by Crippen LogP contribution is 2.27. The Labute approximate surface area is 125 Å². The van der Waals surface area contributed by atoms with Gasteiger partial charge in [0.2, 0.25) is 0 Å². The summed E-state index contributed by atoms with van der Waals surface area (Å²) >= 11 is 2.82. The molecule has 2 aromatic rings. The Morgan fingerprint density at radius 2 is 2.20 bits per heavy atom. The van der Waals surface area contributed by atoms with Gasteiger partial charge in [-0.05, 0) is 13.8 Å². The number of rotatable bonds is 6. The second kappa shape index (κ2) is 6.67. The van der Waals surface area contributed by atoms with Crippen LogP contribution in [-0.4, -0.2) is 29.0 Å². The van der Waals surface area contributed by atoms with E-state index in [0.29, 0.717) is 11.4 Å². The van der Waals surface area contributed by atoms with Gasteiger partial charge in [0.05, 0.1) is 17.7 Å². The third-order valence-corrected chi connectivity index (χ3v) is 4.56. The predicted molar refractivity (Wildman–Crippen MR) is 83.4 cm³/mol. The number of nitrogens with zero attached hydrogens (tertiary/aromatic N) is 3. The maximum Gasteiger partial charge on any atom is 0.265 e. The Morgan fingerprint density at radius 1 is 1.45 bits per heavy atom. The lowest BCUT2D eigenvalue weighted by Gasteiger charge is -2.16. The SMILES string of the molecule is CCN(CC)c1nc(N)c(C(=O)NCc2cscn2)s1. The van der Waals surface area contributed by atoms with E-state index >= 15 is 0 Å². The van der Waals surface area contributed by atoms with Crippen molar-refractivity contribution in [2.45, 2.75) is 20.4 Å². The second-order valence-electron chi connectivity index (χ2n) is 4.05. The lowest BCUT2D eigenvalue weighted by Crippen LogP contribution is -2.22. The summed E-state index contributed by atoms with van der Waals surface area (Å²) in [5, 5.41) is 5.49. The number of hydrogen-bond donors (Lipinski definition) is 2. The largest absolute Gasteiger partial charge is 0.382 e. The van der Waals surface area contributed by atoms with Gasteiger partial charge >= 0.3 is 0 Å². The van der Waals surface area contributed by atoms with Crippen LogP contribution in [0.1, 0.15) is 29.2 Å². The maximum atomic E-state index is 12.1. The highest BCUT2D eigenvalue weighted by molar-refractivity contribution is 7.18. The predicted octanol–water partition coefficient (Wildman–Crippen LogP) is 1.96. The van der Waals surface area contributed by atoms with Gasteiger partial charge in [0.15, 0.2) is 5.13 Å². The molecule has 6 nitrogen and oxygen atoms in total. The van der Waals surface area contributed by atoms with Crippen LogP contribution in [0.4, 0.5) is 10.9 Å². The number of carbonyl (C=O) groups is 1. The van der Waals surface area contributed by atoms with Gasteiger partial charge < -0.3 is 16.0 Å². The Morgan fingerprint density at radius 3 is 2.80 bits per heavy atom. The molecular formula is C12H17N5OS2. The molecule has 8 heteroatoms. The lowest BCUT2D eigenvalue weighted by atomic mass is 10.4. The van der Waals surface area contributed by atoms with Crippen molar-refractivity contribution in [3.05, 3.63) is 21.5 Å². The summed E-state index contributed by atoms with van der Waals surface area (Å²) in [5.41, 5.74) is 8.42. The molecule has 108 valence electrons. The number of amides is 1. The van der Waals surface area contributed by atoms with Crippen molar-refractivity contribution in [1.82, 2.24) is 15.3 Å². The number of nitrogens with two attached hydrogens (primary N) is 1. The number of hydrogen-bond acceptors (Lipinski definition) is 7. The summed E-state index contributed by atoms with van der Waals surface area (Å²) in [6.07, 6.45) is 0. The van der Waals surface area contributed by atoms with Gasteiger partial charge in [-0.25, -0.2) is 9.97 Å². The fraction of sp³-hybridized carbons (Fsp3) is 0.417. The number of anilines is 2. The average Bonchev–Trinajstić information content (AvgIpc) is 3.07. The molecule has 0 fully saturated rings. The molecule has 2 heterocycles. The van der Waals surface area contributed by atoms with Gasteiger partial charge in [-0.15, -0.1) is 11.3 Å². The maximum absolute atomic E-state index is 12.1. The molecule has 1 amide bonds. The summed E-state index contributed by atoms with van der Waals surface area (Å²) in [6.45, 7) is 6.17. The van der Waals surface area contributed by atoms with E-state index in [1.54, 1.807) is 5.51 Å². The Kier molecular flexibility index (Phi) is 4.91. The van der Waals surface area contributed by atoms with E-state index in [9.17, 15) is 4.79 Å². The Balaban J connectivity index is 2.06. The first-order chi connectivity index (χ1) is 9.65. The fourth-order valence-electron chi connectivity index (χ4n) is 1.69. The van der Waals surface area contributed by atoms with Crippen molar-refractivity contribution in [1.29, 1.82) is 0 Å². The molecular weight excluding hydrogens is 294 g/mol. The first-order valence-corrected chi connectivity index (χ1v) is 8.08. The monoisotopic (exact) mass is 311 g/mol. The average molecular weight is 311 g/mol. The van der Waals surface area contributed by atoms with E-state index in [2.05, 4.69) is 20.2 Å². The van der Waals surface area contributed by atoms with Gasteiger partial charge in [0.1, 0.15) is 10.7 Å². The second-order valence-corrected chi connectivity index (χ2v) is 5.74. The summed E-state index contributed by atoms with van der Waals surface area (Å²) in [7, 11) is 0. The molecule has 0 unspecified atom stereocenters. The lowest BCUT2D eigenvalue weighted by molar-refractivity contribution is 0.0955. The molecule has 3 N–H and O–H groups in total. The van der Waals surface area contributed by atoms with Crippen LogP contribution in [0.3, 0.4) is 0 Å². The van der Waals surface area contributed by atoms with Crippen molar-refractivity contribution in [3.63, 3.8) is 0 Å². The first-order valence-electron chi connectivity index (χ1n) is 6.32. The van der Waals surface area contributed by atoms with Gasteiger partial charge in [-0.3, -0.25) is 4.79 Å². The normalized spacial score (nSPS) is 10.5. The molecule has 0 aliphatic heterocycles. The van der Waals surface area contributed by atoms with E-state index in [4.69, 9.17) is 5.73 Å². The van der Waals surface area contributed by atoms with E-state index < -0.39 is 0 Å². The Bertz CT molecular complexity index is 562. The minimum absolute atomic E-state index is 0.202. The molecule has 20 heavy (non-hydrogen) atoms. The summed E-state index contributed by atoms with van der Waals surface area (Å²) < 4.78 is 0. The van der Waals surface area contributed by atoms with Crippen LogP contribution in [0, 0.1) is 0 Å². The Hall–Kier alpha value is -1.67. The highest BCUT2D eigenvalue weighted by Gasteiger charge is 2.18. The van der Waals surface area contributed by atoms with Crippen LogP contribution in [0.15, 0.2) is 10.9 Å². The summed E-state index contributed by atoms with van der Waals surface area (Å²) in [5.74, 6) is 0.0825. The van der Waals surface area contributed by atoms with Crippen LogP contribution in [0.2, 0.25) is 0 Å².